The second-order valence-corrected chi connectivity index (χ2v) is 3.55. The van der Waals surface area contributed by atoms with E-state index in [0.717, 1.165) is 5.56 Å². The third-order valence-electron chi connectivity index (χ3n) is 2.61. The number of benzene rings is 1. The van der Waals surface area contributed by atoms with E-state index in [1.165, 1.54) is 6.92 Å². The zero-order valence-electron chi connectivity index (χ0n) is 7.93. The van der Waals surface area contributed by atoms with Crippen molar-refractivity contribution in [2.75, 3.05) is 6.61 Å². The van der Waals surface area contributed by atoms with Crippen LogP contribution in [0.4, 0.5) is 0 Å². The summed E-state index contributed by atoms with van der Waals surface area (Å²) in [5, 5.41) is 9.94. The van der Waals surface area contributed by atoms with E-state index < -0.39 is 11.7 Å². The van der Waals surface area contributed by atoms with E-state index in [1.807, 2.05) is 18.2 Å². The third kappa shape index (κ3) is 1.35. The smallest absolute Gasteiger partial charge is 0.179 e. The van der Waals surface area contributed by atoms with Crippen LogP contribution in [0.3, 0.4) is 0 Å². The predicted molar refractivity (Wildman–Crippen MR) is 50.8 cm³/mol. The molecule has 1 fully saturated rings. The molecule has 2 unspecified atom stereocenters. The highest BCUT2D eigenvalue weighted by Gasteiger charge is 2.56. The topological polar surface area (TPSA) is 49.8 Å². The van der Waals surface area contributed by atoms with Gasteiger partial charge in [-0.3, -0.25) is 4.79 Å². The number of ether oxygens (including phenoxy) is 1. The Morgan fingerprint density at radius 3 is 2.50 bits per heavy atom. The molecule has 0 saturated carbocycles. The van der Waals surface area contributed by atoms with Gasteiger partial charge >= 0.3 is 0 Å². The minimum atomic E-state index is -0.971. The van der Waals surface area contributed by atoms with Gasteiger partial charge in [-0.05, 0) is 12.5 Å². The van der Waals surface area contributed by atoms with Crippen molar-refractivity contribution in [3.8, 4) is 0 Å². The number of aliphatic hydroxyl groups is 1. The molecule has 0 aromatic heterocycles. The molecular weight excluding hydrogens is 180 g/mol. The van der Waals surface area contributed by atoms with Crippen molar-refractivity contribution in [2.45, 2.75) is 18.6 Å². The quantitative estimate of drug-likeness (QED) is 0.729. The lowest BCUT2D eigenvalue weighted by molar-refractivity contribution is -0.126. The molecule has 3 heteroatoms. The molecule has 0 amide bonds. The predicted octanol–water partition coefficient (Wildman–Crippen LogP) is 1.08. The lowest BCUT2D eigenvalue weighted by Crippen LogP contribution is -2.30. The summed E-state index contributed by atoms with van der Waals surface area (Å²) >= 11 is 0. The Balaban J connectivity index is 2.25. The van der Waals surface area contributed by atoms with Crippen molar-refractivity contribution in [3.05, 3.63) is 35.9 Å². The zero-order chi connectivity index (χ0) is 10.2. The van der Waals surface area contributed by atoms with Gasteiger partial charge in [0.25, 0.3) is 0 Å². The lowest BCUT2D eigenvalue weighted by atomic mass is 9.93. The van der Waals surface area contributed by atoms with Crippen molar-refractivity contribution in [3.63, 3.8) is 0 Å². The highest BCUT2D eigenvalue weighted by atomic mass is 16.6. The first-order valence-corrected chi connectivity index (χ1v) is 4.55. The SMILES string of the molecule is CC(=O)C1(C(O)c2ccccc2)CO1. The van der Waals surface area contributed by atoms with E-state index in [0.29, 0.717) is 6.61 Å². The summed E-state index contributed by atoms with van der Waals surface area (Å²) < 4.78 is 5.07. The summed E-state index contributed by atoms with van der Waals surface area (Å²) in [5.41, 5.74) is -0.248. The number of aliphatic hydroxyl groups excluding tert-OH is 1. The summed E-state index contributed by atoms with van der Waals surface area (Å²) in [6.45, 7) is 1.76. The van der Waals surface area contributed by atoms with Crippen LogP contribution in [0.15, 0.2) is 30.3 Å². The van der Waals surface area contributed by atoms with Crippen molar-refractivity contribution in [2.24, 2.45) is 0 Å². The van der Waals surface area contributed by atoms with E-state index in [4.69, 9.17) is 4.74 Å². The Labute approximate surface area is 82.3 Å². The largest absolute Gasteiger partial charge is 0.385 e. The van der Waals surface area contributed by atoms with Gasteiger partial charge in [0.2, 0.25) is 0 Å². The molecule has 1 aliphatic rings. The first-order valence-electron chi connectivity index (χ1n) is 4.55. The Kier molecular flexibility index (Phi) is 2.13. The van der Waals surface area contributed by atoms with Gasteiger partial charge < -0.3 is 9.84 Å². The second-order valence-electron chi connectivity index (χ2n) is 3.55. The van der Waals surface area contributed by atoms with E-state index >= 15 is 0 Å². The van der Waals surface area contributed by atoms with Crippen LogP contribution in [-0.4, -0.2) is 23.1 Å². The summed E-state index contributed by atoms with van der Waals surface area (Å²) in [6, 6.07) is 9.10. The molecule has 2 rings (SSSR count). The highest BCUT2D eigenvalue weighted by molar-refractivity contribution is 5.88. The van der Waals surface area contributed by atoms with Gasteiger partial charge in [-0.2, -0.15) is 0 Å². The Bertz CT molecular complexity index is 341. The van der Waals surface area contributed by atoms with Crippen LogP contribution in [-0.2, 0) is 9.53 Å². The Hall–Kier alpha value is -1.19. The number of Topliss-reactive ketones (excluding diaryl/α,β-unsaturated/α-hetero) is 1. The standard InChI is InChI=1S/C11H12O3/c1-8(12)11(7-14-11)10(13)9-5-3-2-4-6-9/h2-6,10,13H,7H2,1H3. The summed E-state index contributed by atoms with van der Waals surface area (Å²) in [4.78, 5) is 11.3. The molecule has 1 N–H and O–H groups in total. The van der Waals surface area contributed by atoms with Crippen LogP contribution in [0, 0.1) is 0 Å². The maximum Gasteiger partial charge on any atom is 0.179 e. The molecule has 1 aromatic carbocycles. The van der Waals surface area contributed by atoms with Crippen LogP contribution < -0.4 is 0 Å². The van der Waals surface area contributed by atoms with Gasteiger partial charge in [0.1, 0.15) is 6.10 Å². The van der Waals surface area contributed by atoms with E-state index in [9.17, 15) is 9.90 Å². The third-order valence-corrected chi connectivity index (χ3v) is 2.61. The molecule has 0 spiro atoms. The number of hydrogen-bond donors (Lipinski definition) is 1. The monoisotopic (exact) mass is 192 g/mol. The van der Waals surface area contributed by atoms with Crippen molar-refractivity contribution >= 4 is 5.78 Å². The normalized spacial score (nSPS) is 27.0. The van der Waals surface area contributed by atoms with Crippen LogP contribution in [0.2, 0.25) is 0 Å². The molecule has 2 atom stereocenters. The Morgan fingerprint density at radius 1 is 1.50 bits per heavy atom. The van der Waals surface area contributed by atoms with Gasteiger partial charge in [-0.15, -0.1) is 0 Å². The van der Waals surface area contributed by atoms with Crippen molar-refractivity contribution < 1.29 is 14.6 Å². The molecule has 0 bridgehead atoms. The molecule has 1 saturated heterocycles. The average Bonchev–Trinajstić information content (AvgIpc) is 2.99. The van der Waals surface area contributed by atoms with Crippen LogP contribution in [0.25, 0.3) is 0 Å². The van der Waals surface area contributed by atoms with Gasteiger partial charge in [0.15, 0.2) is 11.4 Å². The molecule has 1 heterocycles. The van der Waals surface area contributed by atoms with E-state index in [2.05, 4.69) is 0 Å². The maximum atomic E-state index is 11.3. The van der Waals surface area contributed by atoms with E-state index in [1.54, 1.807) is 12.1 Å². The molecule has 14 heavy (non-hydrogen) atoms. The van der Waals surface area contributed by atoms with Gasteiger partial charge in [-0.25, -0.2) is 0 Å². The van der Waals surface area contributed by atoms with E-state index in [-0.39, 0.29) is 5.78 Å². The van der Waals surface area contributed by atoms with Gasteiger partial charge in [0.05, 0.1) is 6.61 Å². The van der Waals surface area contributed by atoms with Gasteiger partial charge in [-0.1, -0.05) is 30.3 Å². The molecule has 74 valence electrons. The van der Waals surface area contributed by atoms with Crippen molar-refractivity contribution in [1.29, 1.82) is 0 Å². The molecule has 1 aromatic rings. The number of carbonyl (C=O) groups excluding carboxylic acids is 1. The molecule has 0 aliphatic carbocycles. The van der Waals surface area contributed by atoms with Crippen LogP contribution >= 0.6 is 0 Å². The summed E-state index contributed by atoms with van der Waals surface area (Å²) in [7, 11) is 0. The Morgan fingerprint density at radius 2 is 2.07 bits per heavy atom. The summed E-state index contributed by atoms with van der Waals surface area (Å²) in [6.07, 6.45) is -0.846. The first kappa shape index (κ1) is 9.37. The molecule has 3 nitrogen and oxygen atoms in total. The minimum Gasteiger partial charge on any atom is -0.385 e. The lowest BCUT2D eigenvalue weighted by Gasteiger charge is -2.16. The molecule has 0 radical (unpaired) electrons. The maximum absolute atomic E-state index is 11.3. The fourth-order valence-electron chi connectivity index (χ4n) is 1.54. The fraction of sp³-hybridized carbons (Fsp3) is 0.364. The number of hydrogen-bond acceptors (Lipinski definition) is 3. The number of carbonyl (C=O) groups is 1. The van der Waals surface area contributed by atoms with Crippen LogP contribution in [0.1, 0.15) is 18.6 Å². The van der Waals surface area contributed by atoms with Gasteiger partial charge in [0, 0.05) is 0 Å². The molecular formula is C11H12O3. The second kappa shape index (κ2) is 3.19. The number of ketones is 1. The summed E-state index contributed by atoms with van der Waals surface area (Å²) in [5.74, 6) is -0.117. The molecule has 1 aliphatic heterocycles. The van der Waals surface area contributed by atoms with Crippen LogP contribution in [0.5, 0.6) is 0 Å². The fourth-order valence-corrected chi connectivity index (χ4v) is 1.54. The number of rotatable bonds is 3. The first-order chi connectivity index (χ1) is 6.67. The highest BCUT2D eigenvalue weighted by Crippen LogP contribution is 2.40. The zero-order valence-corrected chi connectivity index (χ0v) is 7.93. The van der Waals surface area contributed by atoms with Crippen molar-refractivity contribution in [1.82, 2.24) is 0 Å². The minimum absolute atomic E-state index is 0.117. The number of epoxide rings is 1. The average molecular weight is 192 g/mol.